The van der Waals surface area contributed by atoms with Crippen molar-refractivity contribution in [3.8, 4) is 0 Å². The average molecular weight is 551 g/mol. The Bertz CT molecular complexity index is 1460. The predicted octanol–water partition coefficient (Wildman–Crippen LogP) is 3.02. The number of nitrogens with zero attached hydrogens (tertiary/aromatic N) is 3. The second kappa shape index (κ2) is 10.7. The van der Waals surface area contributed by atoms with Gasteiger partial charge in [0.15, 0.2) is 9.84 Å². The molecule has 1 saturated heterocycles. The zero-order chi connectivity index (χ0) is 26.8. The van der Waals surface area contributed by atoms with Gasteiger partial charge in [0.2, 0.25) is 21.8 Å². The van der Waals surface area contributed by atoms with Crippen LogP contribution in [-0.4, -0.2) is 55.6 Å². The molecule has 2 aromatic carbocycles. The van der Waals surface area contributed by atoms with E-state index in [1.165, 1.54) is 28.6 Å². The number of rotatable bonds is 8. The van der Waals surface area contributed by atoms with Crippen molar-refractivity contribution in [2.24, 2.45) is 5.92 Å². The second-order valence-corrected chi connectivity index (χ2v) is 13.5. The van der Waals surface area contributed by atoms with E-state index in [9.17, 15) is 26.0 Å². The maximum Gasteiger partial charge on any atom is 0.322 e. The van der Waals surface area contributed by atoms with Gasteiger partial charge >= 0.3 is 6.01 Å². The maximum atomic E-state index is 13.1. The number of hydrogen-bond donors (Lipinski definition) is 1. The van der Waals surface area contributed by atoms with Gasteiger partial charge in [-0.3, -0.25) is 10.1 Å². The quantitative estimate of drug-likeness (QED) is 0.452. The summed E-state index contributed by atoms with van der Waals surface area (Å²) in [6, 6.07) is 11.0. The molecule has 13 heteroatoms. The highest BCUT2D eigenvalue weighted by atomic mass is 32.2. The first kappa shape index (κ1) is 26.9. The number of anilines is 1. The first-order valence-corrected chi connectivity index (χ1v) is 14.7. The lowest BCUT2D eigenvalue weighted by atomic mass is 9.97. The summed E-state index contributed by atoms with van der Waals surface area (Å²) in [5.74, 6) is -1.06. The third-order valence-electron chi connectivity index (χ3n) is 6.20. The number of nitrogens with one attached hydrogen (secondary N) is 1. The van der Waals surface area contributed by atoms with Crippen molar-refractivity contribution >= 4 is 31.8 Å². The molecule has 1 N–H and O–H groups in total. The number of sulfonamides is 1. The number of aromatic nitrogens is 2. The Balaban J connectivity index is 1.31. The Kier molecular flexibility index (Phi) is 7.76. The molecule has 4 rings (SSSR count). The Morgan fingerprint density at radius 2 is 1.59 bits per heavy atom. The molecule has 37 heavy (non-hydrogen) atoms. The summed E-state index contributed by atoms with van der Waals surface area (Å²) in [6.45, 7) is 3.54. The van der Waals surface area contributed by atoms with Crippen molar-refractivity contribution in [1.82, 2.24) is 14.5 Å². The highest BCUT2D eigenvalue weighted by molar-refractivity contribution is 7.92. The Morgan fingerprint density at radius 3 is 2.19 bits per heavy atom. The van der Waals surface area contributed by atoms with Gasteiger partial charge in [0.25, 0.3) is 0 Å². The SMILES string of the molecule is CC(C)S(=O)(=O)c1ccc(Cc2nnc(NC(=O)C3CCN(S(=O)(=O)c4ccc(F)cc4)CC3)o2)cc1. The van der Waals surface area contributed by atoms with Gasteiger partial charge in [0.1, 0.15) is 5.82 Å². The van der Waals surface area contributed by atoms with Crippen LogP contribution in [0.5, 0.6) is 0 Å². The molecule has 1 fully saturated rings. The van der Waals surface area contributed by atoms with Gasteiger partial charge in [0.05, 0.1) is 21.5 Å². The monoisotopic (exact) mass is 550 g/mol. The van der Waals surface area contributed by atoms with Crippen LogP contribution in [0, 0.1) is 11.7 Å². The van der Waals surface area contributed by atoms with Crippen molar-refractivity contribution in [2.45, 2.75) is 48.2 Å². The number of carbonyl (C=O) groups is 1. The molecular weight excluding hydrogens is 523 g/mol. The highest BCUT2D eigenvalue weighted by Gasteiger charge is 2.32. The summed E-state index contributed by atoms with van der Waals surface area (Å²) in [5.41, 5.74) is 0.763. The lowest BCUT2D eigenvalue weighted by molar-refractivity contribution is -0.121. The first-order chi connectivity index (χ1) is 17.5. The minimum Gasteiger partial charge on any atom is -0.407 e. The summed E-state index contributed by atoms with van der Waals surface area (Å²) in [5, 5.41) is 9.84. The lowest BCUT2D eigenvalue weighted by Gasteiger charge is -2.30. The number of piperidine rings is 1. The molecule has 0 atom stereocenters. The molecule has 0 bridgehead atoms. The van der Waals surface area contributed by atoms with Crippen LogP contribution in [0.3, 0.4) is 0 Å². The molecule has 0 aliphatic carbocycles. The van der Waals surface area contributed by atoms with Crippen LogP contribution in [0.2, 0.25) is 0 Å². The van der Waals surface area contributed by atoms with Crippen molar-refractivity contribution in [2.75, 3.05) is 18.4 Å². The Hall–Kier alpha value is -3.16. The fourth-order valence-corrected chi connectivity index (χ4v) is 6.47. The largest absolute Gasteiger partial charge is 0.407 e. The molecule has 1 aliphatic rings. The summed E-state index contributed by atoms with van der Waals surface area (Å²) >= 11 is 0. The molecule has 198 valence electrons. The van der Waals surface area contributed by atoms with E-state index in [4.69, 9.17) is 4.42 Å². The zero-order valence-corrected chi connectivity index (χ0v) is 21.9. The van der Waals surface area contributed by atoms with Crippen LogP contribution >= 0.6 is 0 Å². The summed E-state index contributed by atoms with van der Waals surface area (Å²) in [4.78, 5) is 12.9. The van der Waals surface area contributed by atoms with E-state index in [0.717, 1.165) is 17.7 Å². The van der Waals surface area contributed by atoms with E-state index in [1.54, 1.807) is 26.0 Å². The van der Waals surface area contributed by atoms with E-state index in [2.05, 4.69) is 15.5 Å². The number of hydrogen-bond acceptors (Lipinski definition) is 8. The van der Waals surface area contributed by atoms with Crippen LogP contribution in [0.4, 0.5) is 10.4 Å². The minimum atomic E-state index is -3.77. The number of sulfone groups is 1. The molecule has 10 nitrogen and oxygen atoms in total. The van der Waals surface area contributed by atoms with Gasteiger partial charge in [0, 0.05) is 19.0 Å². The van der Waals surface area contributed by atoms with Crippen molar-refractivity contribution in [1.29, 1.82) is 0 Å². The average Bonchev–Trinajstić information content (AvgIpc) is 3.31. The fourth-order valence-electron chi connectivity index (χ4n) is 3.94. The van der Waals surface area contributed by atoms with Crippen LogP contribution < -0.4 is 5.32 Å². The minimum absolute atomic E-state index is 0.00590. The molecule has 3 aromatic rings. The smallest absolute Gasteiger partial charge is 0.322 e. The molecule has 1 amide bonds. The van der Waals surface area contributed by atoms with E-state index in [1.807, 2.05) is 0 Å². The van der Waals surface area contributed by atoms with E-state index in [-0.39, 0.29) is 47.1 Å². The van der Waals surface area contributed by atoms with Crippen LogP contribution in [0.1, 0.15) is 38.1 Å². The van der Waals surface area contributed by atoms with Gasteiger partial charge in [-0.05, 0) is 68.7 Å². The summed E-state index contributed by atoms with van der Waals surface area (Å²) < 4.78 is 70.0. The fraction of sp³-hybridized carbons (Fsp3) is 0.375. The number of benzene rings is 2. The molecule has 1 aromatic heterocycles. The highest BCUT2D eigenvalue weighted by Crippen LogP contribution is 2.25. The van der Waals surface area contributed by atoms with E-state index in [0.29, 0.717) is 12.8 Å². The third-order valence-corrected chi connectivity index (χ3v) is 10.3. The normalized spacial score (nSPS) is 15.7. The predicted molar refractivity (Wildman–Crippen MR) is 132 cm³/mol. The molecule has 0 saturated carbocycles. The molecule has 0 unspecified atom stereocenters. The van der Waals surface area contributed by atoms with Gasteiger partial charge in [-0.25, -0.2) is 21.2 Å². The first-order valence-electron chi connectivity index (χ1n) is 11.7. The van der Waals surface area contributed by atoms with Gasteiger partial charge in [-0.2, -0.15) is 4.31 Å². The van der Waals surface area contributed by atoms with Crippen molar-refractivity contribution in [3.63, 3.8) is 0 Å². The van der Waals surface area contributed by atoms with Crippen LogP contribution in [-0.2, 0) is 31.1 Å². The molecule has 1 aliphatic heterocycles. The third kappa shape index (κ3) is 6.05. The topological polar surface area (TPSA) is 140 Å². The zero-order valence-electron chi connectivity index (χ0n) is 20.3. The molecule has 0 spiro atoms. The van der Waals surface area contributed by atoms with Crippen LogP contribution in [0.25, 0.3) is 0 Å². The van der Waals surface area contributed by atoms with Crippen molar-refractivity contribution < 1.29 is 30.4 Å². The Morgan fingerprint density at radius 1 is 1.00 bits per heavy atom. The lowest BCUT2D eigenvalue weighted by Crippen LogP contribution is -2.41. The van der Waals surface area contributed by atoms with E-state index >= 15 is 0 Å². The second-order valence-electron chi connectivity index (χ2n) is 9.04. The number of carbonyl (C=O) groups excluding carboxylic acids is 1. The van der Waals surface area contributed by atoms with E-state index < -0.39 is 36.8 Å². The molecule has 0 radical (unpaired) electrons. The molecule has 2 heterocycles. The summed E-state index contributed by atoms with van der Waals surface area (Å²) in [7, 11) is -7.13. The molecular formula is C24H27FN4O6S2. The number of halogens is 1. The Labute approximate surface area is 214 Å². The maximum absolute atomic E-state index is 13.1. The van der Waals surface area contributed by atoms with Gasteiger partial charge < -0.3 is 4.42 Å². The summed E-state index contributed by atoms with van der Waals surface area (Å²) in [6.07, 6.45) is 0.863. The standard InChI is InChI=1S/C24H27FN4O6S2/c1-16(2)36(31,32)20-7-3-17(4-8-20)15-22-27-28-24(35-22)26-23(30)18-11-13-29(14-12-18)37(33,34)21-9-5-19(25)6-10-21/h3-10,16,18H,11-15H2,1-2H3,(H,26,28,30). The van der Waals surface area contributed by atoms with Crippen molar-refractivity contribution in [3.05, 3.63) is 65.8 Å². The van der Waals surface area contributed by atoms with Gasteiger partial charge in [-0.15, -0.1) is 5.10 Å². The van der Waals surface area contributed by atoms with Crippen LogP contribution in [0.15, 0.2) is 62.7 Å². The van der Waals surface area contributed by atoms with Gasteiger partial charge in [-0.1, -0.05) is 17.2 Å². The number of amides is 1.